The van der Waals surface area contributed by atoms with E-state index in [1.54, 1.807) is 12.1 Å². The van der Waals surface area contributed by atoms with E-state index >= 15 is 0 Å². The number of carbonyl (C=O) groups excluding carboxylic acids is 1. The molecular weight excluding hydrogens is 434 g/mol. The Balaban J connectivity index is 1.34. The highest BCUT2D eigenvalue weighted by molar-refractivity contribution is 7.89. The normalized spacial score (nSPS) is 20.0. The Kier molecular flexibility index (Phi) is 6.84. The number of anilines is 1. The third-order valence-electron chi connectivity index (χ3n) is 6.08. The number of hydrogen-bond donors (Lipinski definition) is 1. The Hall–Kier alpha value is -2.09. The summed E-state index contributed by atoms with van der Waals surface area (Å²) in [5.74, 6) is -0.445. The third-order valence-corrected chi connectivity index (χ3v) is 8.21. The monoisotopic (exact) mass is 461 g/mol. The van der Waals surface area contributed by atoms with Crippen molar-refractivity contribution in [2.24, 2.45) is 5.92 Å². The van der Waals surface area contributed by atoms with Crippen molar-refractivity contribution in [1.29, 1.82) is 0 Å². The molecule has 6 nitrogen and oxygen atoms in total. The molecule has 0 aliphatic carbocycles. The van der Waals surface area contributed by atoms with Crippen molar-refractivity contribution in [1.82, 2.24) is 9.62 Å². The lowest BCUT2D eigenvalue weighted by atomic mass is 9.98. The Labute approximate surface area is 189 Å². The van der Waals surface area contributed by atoms with Gasteiger partial charge in [-0.25, -0.2) is 8.42 Å². The second-order valence-corrected chi connectivity index (χ2v) is 10.6. The highest BCUT2D eigenvalue weighted by atomic mass is 35.5. The van der Waals surface area contributed by atoms with Crippen molar-refractivity contribution in [3.8, 4) is 0 Å². The molecule has 8 heteroatoms. The maximum atomic E-state index is 12.9. The van der Waals surface area contributed by atoms with Gasteiger partial charge in [0.1, 0.15) is 0 Å². The first-order chi connectivity index (χ1) is 14.9. The summed E-state index contributed by atoms with van der Waals surface area (Å²) in [5, 5.41) is 3.47. The maximum Gasteiger partial charge on any atom is 0.243 e. The van der Waals surface area contributed by atoms with Gasteiger partial charge in [0.2, 0.25) is 15.9 Å². The fourth-order valence-electron chi connectivity index (χ4n) is 4.26. The number of halogens is 1. The smallest absolute Gasteiger partial charge is 0.243 e. The van der Waals surface area contributed by atoms with Gasteiger partial charge in [-0.3, -0.25) is 4.79 Å². The van der Waals surface area contributed by atoms with Crippen LogP contribution in [0.4, 0.5) is 5.69 Å². The van der Waals surface area contributed by atoms with Crippen LogP contribution in [0.25, 0.3) is 0 Å². The van der Waals surface area contributed by atoms with Gasteiger partial charge < -0.3 is 10.2 Å². The highest BCUT2D eigenvalue weighted by Crippen LogP contribution is 2.25. The number of rotatable bonds is 6. The SMILES string of the molecule is O=C(NCc1ccc(N2CCCC2)cc1)C1CCCN(S(=O)(=O)c2ccc(Cl)cc2)C1. The zero-order valence-electron chi connectivity index (χ0n) is 17.5. The van der Waals surface area contributed by atoms with Crippen LogP contribution in [0.2, 0.25) is 5.02 Å². The molecule has 2 aromatic rings. The molecule has 2 fully saturated rings. The standard InChI is InChI=1S/C23H28ClN3O3S/c24-20-7-11-22(12-8-20)31(29,30)27-15-3-4-19(17-27)23(28)25-16-18-5-9-21(10-6-18)26-13-1-2-14-26/h5-12,19H,1-4,13-17H2,(H,25,28). The van der Waals surface area contributed by atoms with E-state index in [1.807, 2.05) is 12.1 Å². The van der Waals surface area contributed by atoms with E-state index in [0.29, 0.717) is 31.0 Å². The molecule has 166 valence electrons. The van der Waals surface area contributed by atoms with E-state index in [2.05, 4.69) is 22.3 Å². The van der Waals surface area contributed by atoms with Crippen molar-refractivity contribution in [3.63, 3.8) is 0 Å². The molecule has 31 heavy (non-hydrogen) atoms. The number of sulfonamides is 1. The molecule has 0 bridgehead atoms. The van der Waals surface area contributed by atoms with Gasteiger partial charge in [-0.05, 0) is 67.6 Å². The van der Waals surface area contributed by atoms with Gasteiger partial charge >= 0.3 is 0 Å². The number of hydrogen-bond acceptors (Lipinski definition) is 4. The molecule has 0 spiro atoms. The van der Waals surface area contributed by atoms with Crippen LogP contribution >= 0.6 is 11.6 Å². The van der Waals surface area contributed by atoms with Gasteiger partial charge in [-0.1, -0.05) is 23.7 Å². The van der Waals surface area contributed by atoms with Crippen molar-refractivity contribution in [2.45, 2.75) is 37.1 Å². The van der Waals surface area contributed by atoms with Gasteiger partial charge in [-0.2, -0.15) is 4.31 Å². The lowest BCUT2D eigenvalue weighted by Crippen LogP contribution is -2.45. The first-order valence-electron chi connectivity index (χ1n) is 10.8. The topological polar surface area (TPSA) is 69.7 Å². The summed E-state index contributed by atoms with van der Waals surface area (Å²) in [5.41, 5.74) is 2.26. The molecule has 2 aliphatic heterocycles. The average molecular weight is 462 g/mol. The Morgan fingerprint density at radius 2 is 1.65 bits per heavy atom. The van der Waals surface area contributed by atoms with E-state index in [-0.39, 0.29) is 23.3 Å². The fraction of sp³-hybridized carbons (Fsp3) is 0.435. The molecule has 1 amide bonds. The molecule has 4 rings (SSSR count). The summed E-state index contributed by atoms with van der Waals surface area (Å²) >= 11 is 5.88. The summed E-state index contributed by atoms with van der Waals surface area (Å²) in [4.78, 5) is 15.3. The fourth-order valence-corrected chi connectivity index (χ4v) is 5.91. The highest BCUT2D eigenvalue weighted by Gasteiger charge is 2.33. The molecule has 0 radical (unpaired) electrons. The summed E-state index contributed by atoms with van der Waals surface area (Å²) in [6.45, 7) is 3.28. The lowest BCUT2D eigenvalue weighted by Gasteiger charge is -2.31. The van der Waals surface area contributed by atoms with Crippen molar-refractivity contribution >= 4 is 33.2 Å². The number of carbonyl (C=O) groups is 1. The van der Waals surface area contributed by atoms with Crippen LogP contribution in [-0.4, -0.2) is 44.8 Å². The second kappa shape index (κ2) is 9.59. The van der Waals surface area contributed by atoms with Crippen molar-refractivity contribution in [3.05, 3.63) is 59.1 Å². The first kappa shape index (κ1) is 22.1. The largest absolute Gasteiger partial charge is 0.372 e. The predicted octanol–water partition coefficient (Wildman–Crippen LogP) is 3.66. The van der Waals surface area contributed by atoms with Crippen LogP contribution in [-0.2, 0) is 21.4 Å². The molecule has 2 aromatic carbocycles. The van der Waals surface area contributed by atoms with Crippen molar-refractivity contribution < 1.29 is 13.2 Å². The minimum Gasteiger partial charge on any atom is -0.372 e. The van der Waals surface area contributed by atoms with E-state index < -0.39 is 10.0 Å². The molecule has 0 saturated carbocycles. The number of nitrogens with one attached hydrogen (secondary N) is 1. The van der Waals surface area contributed by atoms with E-state index in [1.165, 1.54) is 35.0 Å². The van der Waals surface area contributed by atoms with Crippen LogP contribution in [0.5, 0.6) is 0 Å². The van der Waals surface area contributed by atoms with E-state index in [9.17, 15) is 13.2 Å². The van der Waals surface area contributed by atoms with Crippen LogP contribution in [0, 0.1) is 5.92 Å². The number of nitrogens with zero attached hydrogens (tertiary/aromatic N) is 2. The summed E-state index contributed by atoms with van der Waals surface area (Å²) < 4.78 is 27.3. The zero-order chi connectivity index (χ0) is 21.8. The Morgan fingerprint density at radius 3 is 2.32 bits per heavy atom. The van der Waals surface area contributed by atoms with Gasteiger partial charge in [0.05, 0.1) is 10.8 Å². The summed E-state index contributed by atoms with van der Waals surface area (Å²) in [7, 11) is -3.64. The lowest BCUT2D eigenvalue weighted by molar-refractivity contribution is -0.126. The molecule has 0 aromatic heterocycles. The minimum atomic E-state index is -3.64. The number of piperidine rings is 1. The quantitative estimate of drug-likeness (QED) is 0.712. The molecule has 1 atom stereocenters. The van der Waals surface area contributed by atoms with E-state index in [0.717, 1.165) is 18.7 Å². The van der Waals surface area contributed by atoms with Crippen LogP contribution < -0.4 is 10.2 Å². The number of benzene rings is 2. The van der Waals surface area contributed by atoms with Gasteiger partial charge in [0.15, 0.2) is 0 Å². The average Bonchev–Trinajstić information content (AvgIpc) is 3.33. The molecule has 1 N–H and O–H groups in total. The second-order valence-electron chi connectivity index (χ2n) is 8.23. The predicted molar refractivity (Wildman–Crippen MR) is 123 cm³/mol. The molecule has 2 saturated heterocycles. The summed E-state index contributed by atoms with van der Waals surface area (Å²) in [6, 6.07) is 14.5. The van der Waals surface area contributed by atoms with E-state index in [4.69, 9.17) is 11.6 Å². The van der Waals surface area contributed by atoms with Crippen LogP contribution in [0.3, 0.4) is 0 Å². The van der Waals surface area contributed by atoms with Gasteiger partial charge in [0, 0.05) is 43.4 Å². The Morgan fingerprint density at radius 1 is 0.968 bits per heavy atom. The van der Waals surface area contributed by atoms with Gasteiger partial charge in [0.25, 0.3) is 0 Å². The van der Waals surface area contributed by atoms with Crippen molar-refractivity contribution in [2.75, 3.05) is 31.1 Å². The summed E-state index contributed by atoms with van der Waals surface area (Å²) in [6.07, 6.45) is 3.83. The van der Waals surface area contributed by atoms with Gasteiger partial charge in [-0.15, -0.1) is 0 Å². The zero-order valence-corrected chi connectivity index (χ0v) is 19.0. The minimum absolute atomic E-state index is 0.0976. The van der Waals surface area contributed by atoms with Crippen LogP contribution in [0.1, 0.15) is 31.2 Å². The number of amides is 1. The van der Waals surface area contributed by atoms with Crippen LogP contribution in [0.15, 0.2) is 53.4 Å². The third kappa shape index (κ3) is 5.22. The molecule has 1 unspecified atom stereocenters. The maximum absolute atomic E-state index is 12.9. The molecule has 2 heterocycles. The molecule has 2 aliphatic rings. The molecular formula is C23H28ClN3O3S. The first-order valence-corrected chi connectivity index (χ1v) is 12.6. The Bertz CT molecular complexity index is 1000.